The Morgan fingerprint density at radius 2 is 2.05 bits per heavy atom. The molecule has 0 radical (unpaired) electrons. The lowest BCUT2D eigenvalue weighted by atomic mass is 9.94. The number of rotatable bonds is 3. The van der Waals surface area contributed by atoms with E-state index >= 15 is 0 Å². The van der Waals surface area contributed by atoms with E-state index in [1.165, 1.54) is 31.2 Å². The fourth-order valence-electron chi connectivity index (χ4n) is 3.01. The molecule has 0 bridgehead atoms. The van der Waals surface area contributed by atoms with Crippen LogP contribution in [0, 0.1) is 0 Å². The molecule has 4 nitrogen and oxygen atoms in total. The van der Waals surface area contributed by atoms with Crippen LogP contribution in [0.3, 0.4) is 0 Å². The van der Waals surface area contributed by atoms with E-state index in [0.717, 1.165) is 21.5 Å². The Bertz CT molecular complexity index is 618. The summed E-state index contributed by atoms with van der Waals surface area (Å²) < 4.78 is 6.57. The zero-order valence-electron chi connectivity index (χ0n) is 11.4. The fraction of sp³-hybridized carbons (Fsp3) is 0.400. The topological polar surface area (TPSA) is 63.9 Å². The van der Waals surface area contributed by atoms with Crippen molar-refractivity contribution in [3.8, 4) is 17.0 Å². The molecule has 20 heavy (non-hydrogen) atoms. The van der Waals surface area contributed by atoms with E-state index < -0.39 is 0 Å². The molecule has 3 rings (SSSR count). The Labute approximate surface area is 126 Å². The summed E-state index contributed by atoms with van der Waals surface area (Å²) in [6.07, 6.45) is 5.06. The number of methoxy groups -OCH3 is 1. The standard InChI is InChI=1S/C15H18BrN3O/c1-20-15-11(9-4-2-3-5-9)6-10(7-12(15)16)13-8-14(17)19-18-13/h6-9H,2-5H2,1H3,(H3,17,18,19). The summed E-state index contributed by atoms with van der Waals surface area (Å²) in [5.74, 6) is 2.05. The van der Waals surface area contributed by atoms with Crippen LogP contribution in [-0.4, -0.2) is 17.3 Å². The van der Waals surface area contributed by atoms with Gasteiger partial charge in [-0.05, 0) is 52.4 Å². The van der Waals surface area contributed by atoms with E-state index in [-0.39, 0.29) is 0 Å². The molecular weight excluding hydrogens is 318 g/mol. The Morgan fingerprint density at radius 3 is 2.65 bits per heavy atom. The van der Waals surface area contributed by atoms with Crippen LogP contribution in [0.2, 0.25) is 0 Å². The Balaban J connectivity index is 2.08. The first-order chi connectivity index (χ1) is 9.69. The molecule has 0 unspecified atom stereocenters. The number of nitrogens with one attached hydrogen (secondary N) is 1. The Morgan fingerprint density at radius 1 is 1.30 bits per heavy atom. The van der Waals surface area contributed by atoms with Gasteiger partial charge in [0.1, 0.15) is 11.6 Å². The first-order valence-electron chi connectivity index (χ1n) is 6.87. The van der Waals surface area contributed by atoms with Gasteiger partial charge in [0.25, 0.3) is 0 Å². The molecule has 5 heteroatoms. The molecule has 1 heterocycles. The van der Waals surface area contributed by atoms with Crippen LogP contribution in [0.5, 0.6) is 5.75 Å². The van der Waals surface area contributed by atoms with Gasteiger partial charge < -0.3 is 10.5 Å². The quantitative estimate of drug-likeness (QED) is 0.887. The average molecular weight is 336 g/mol. The number of H-pyrrole nitrogens is 1. The zero-order chi connectivity index (χ0) is 14.1. The first kappa shape index (κ1) is 13.5. The van der Waals surface area contributed by atoms with Gasteiger partial charge in [-0.2, -0.15) is 5.10 Å². The lowest BCUT2D eigenvalue weighted by molar-refractivity contribution is 0.403. The van der Waals surface area contributed by atoms with Gasteiger partial charge >= 0.3 is 0 Å². The van der Waals surface area contributed by atoms with Gasteiger partial charge in [-0.1, -0.05) is 12.8 Å². The number of anilines is 1. The molecule has 1 aromatic heterocycles. The number of benzene rings is 1. The predicted octanol–water partition coefficient (Wildman–Crippen LogP) is 4.09. The Hall–Kier alpha value is -1.49. The minimum Gasteiger partial charge on any atom is -0.495 e. The second-order valence-electron chi connectivity index (χ2n) is 5.27. The summed E-state index contributed by atoms with van der Waals surface area (Å²) in [6, 6.07) is 6.10. The van der Waals surface area contributed by atoms with Crippen LogP contribution in [0.25, 0.3) is 11.3 Å². The third-order valence-corrected chi connectivity index (χ3v) is 4.57. The smallest absolute Gasteiger partial charge is 0.145 e. The summed E-state index contributed by atoms with van der Waals surface area (Å²) >= 11 is 3.62. The number of nitrogens with two attached hydrogens (primary N) is 1. The van der Waals surface area contributed by atoms with E-state index in [1.54, 1.807) is 7.11 Å². The number of halogens is 1. The number of nitrogen functional groups attached to an aromatic ring is 1. The lowest BCUT2D eigenvalue weighted by Crippen LogP contribution is -1.99. The zero-order valence-corrected chi connectivity index (χ0v) is 13.0. The van der Waals surface area contributed by atoms with E-state index in [4.69, 9.17) is 10.5 Å². The van der Waals surface area contributed by atoms with Crippen molar-refractivity contribution < 1.29 is 4.74 Å². The van der Waals surface area contributed by atoms with Crippen molar-refractivity contribution in [2.24, 2.45) is 0 Å². The van der Waals surface area contributed by atoms with Gasteiger partial charge in [0, 0.05) is 11.6 Å². The molecular formula is C15H18BrN3O. The van der Waals surface area contributed by atoms with E-state index in [9.17, 15) is 0 Å². The number of hydrogen-bond donors (Lipinski definition) is 2. The maximum absolute atomic E-state index is 5.69. The van der Waals surface area contributed by atoms with Crippen molar-refractivity contribution in [3.63, 3.8) is 0 Å². The molecule has 2 aromatic rings. The van der Waals surface area contributed by atoms with Gasteiger partial charge in [-0.3, -0.25) is 5.10 Å². The highest BCUT2D eigenvalue weighted by Crippen LogP contribution is 2.43. The summed E-state index contributed by atoms with van der Waals surface area (Å²) in [5.41, 5.74) is 8.99. The minimum absolute atomic E-state index is 0.509. The second kappa shape index (κ2) is 5.48. The normalized spacial score (nSPS) is 15.7. The van der Waals surface area contributed by atoms with E-state index in [0.29, 0.717) is 11.7 Å². The molecule has 0 atom stereocenters. The van der Waals surface area contributed by atoms with Crippen molar-refractivity contribution in [3.05, 3.63) is 28.2 Å². The molecule has 1 aliphatic rings. The van der Waals surface area contributed by atoms with Crippen LogP contribution in [0.4, 0.5) is 5.82 Å². The average Bonchev–Trinajstić information content (AvgIpc) is 3.08. The number of aromatic amines is 1. The van der Waals surface area contributed by atoms with Crippen LogP contribution in [0.15, 0.2) is 22.7 Å². The van der Waals surface area contributed by atoms with Crippen molar-refractivity contribution in [1.29, 1.82) is 0 Å². The van der Waals surface area contributed by atoms with Crippen molar-refractivity contribution in [2.45, 2.75) is 31.6 Å². The third-order valence-electron chi connectivity index (χ3n) is 3.98. The van der Waals surface area contributed by atoms with E-state index in [2.05, 4.69) is 32.2 Å². The SMILES string of the molecule is COc1c(Br)cc(-c2cc(N)n[nH]2)cc1C1CCCC1. The fourth-order valence-corrected chi connectivity index (χ4v) is 3.65. The highest BCUT2D eigenvalue weighted by molar-refractivity contribution is 9.10. The van der Waals surface area contributed by atoms with E-state index in [1.807, 2.05) is 12.1 Å². The van der Waals surface area contributed by atoms with Crippen LogP contribution in [0.1, 0.15) is 37.2 Å². The molecule has 1 saturated carbocycles. The summed E-state index contributed by atoms with van der Waals surface area (Å²) in [7, 11) is 1.73. The van der Waals surface area contributed by atoms with Gasteiger partial charge in [0.15, 0.2) is 0 Å². The number of nitrogens with zero attached hydrogens (tertiary/aromatic N) is 1. The molecule has 0 aliphatic heterocycles. The Kier molecular flexibility index (Phi) is 3.70. The maximum Gasteiger partial charge on any atom is 0.145 e. The van der Waals surface area contributed by atoms with Gasteiger partial charge in [-0.15, -0.1) is 0 Å². The monoisotopic (exact) mass is 335 g/mol. The van der Waals surface area contributed by atoms with Crippen LogP contribution < -0.4 is 10.5 Å². The summed E-state index contributed by atoms with van der Waals surface area (Å²) in [4.78, 5) is 0. The van der Waals surface area contributed by atoms with Gasteiger partial charge in [0.2, 0.25) is 0 Å². The third kappa shape index (κ3) is 2.42. The minimum atomic E-state index is 0.509. The van der Waals surface area contributed by atoms with Crippen molar-refractivity contribution >= 4 is 21.7 Å². The first-order valence-corrected chi connectivity index (χ1v) is 7.67. The lowest BCUT2D eigenvalue weighted by Gasteiger charge is -2.17. The highest BCUT2D eigenvalue weighted by atomic mass is 79.9. The number of hydrogen-bond acceptors (Lipinski definition) is 3. The largest absolute Gasteiger partial charge is 0.495 e. The highest BCUT2D eigenvalue weighted by Gasteiger charge is 2.23. The van der Waals surface area contributed by atoms with Crippen molar-refractivity contribution in [2.75, 3.05) is 12.8 Å². The predicted molar refractivity (Wildman–Crippen MR) is 83.9 cm³/mol. The van der Waals surface area contributed by atoms with Crippen molar-refractivity contribution in [1.82, 2.24) is 10.2 Å². The summed E-state index contributed by atoms with van der Waals surface area (Å²) in [5, 5.41) is 6.97. The molecule has 106 valence electrons. The molecule has 3 N–H and O–H groups in total. The van der Waals surface area contributed by atoms with Gasteiger partial charge in [0.05, 0.1) is 17.3 Å². The number of aromatic nitrogens is 2. The second-order valence-corrected chi connectivity index (χ2v) is 6.12. The van der Waals surface area contributed by atoms with Gasteiger partial charge in [-0.25, -0.2) is 0 Å². The molecule has 1 aliphatic carbocycles. The molecule has 0 amide bonds. The van der Waals surface area contributed by atoms with Crippen LogP contribution >= 0.6 is 15.9 Å². The molecule has 1 fully saturated rings. The number of ether oxygens (including phenoxy) is 1. The maximum atomic E-state index is 5.69. The van der Waals surface area contributed by atoms with Crippen LogP contribution in [-0.2, 0) is 0 Å². The molecule has 1 aromatic carbocycles. The summed E-state index contributed by atoms with van der Waals surface area (Å²) in [6.45, 7) is 0. The molecule has 0 saturated heterocycles. The molecule has 0 spiro atoms.